The van der Waals surface area contributed by atoms with E-state index in [0.29, 0.717) is 13.2 Å². The maximum atomic E-state index is 10.1. The highest BCUT2D eigenvalue weighted by Gasteiger charge is 1.90. The lowest BCUT2D eigenvalue weighted by molar-refractivity contribution is -0.141. The second-order valence-corrected chi connectivity index (χ2v) is 2.72. The first-order valence-electron chi connectivity index (χ1n) is 4.45. The molecule has 0 aliphatic carbocycles. The SMILES string of the molecule is CC(O)CO.COCCCOC(C)=O. The Morgan fingerprint density at radius 3 is 2.21 bits per heavy atom. The molecule has 5 heteroatoms. The van der Waals surface area contributed by atoms with Gasteiger partial charge in [0.05, 0.1) is 19.3 Å². The number of carbonyl (C=O) groups is 1. The van der Waals surface area contributed by atoms with Crippen LogP contribution in [0.1, 0.15) is 20.3 Å². The maximum absolute atomic E-state index is 10.1. The molecular weight excluding hydrogens is 188 g/mol. The van der Waals surface area contributed by atoms with Crippen molar-refractivity contribution in [2.24, 2.45) is 0 Å². The van der Waals surface area contributed by atoms with E-state index in [2.05, 4.69) is 4.74 Å². The lowest BCUT2D eigenvalue weighted by Crippen LogP contribution is -2.03. The maximum Gasteiger partial charge on any atom is 0.302 e. The second kappa shape index (κ2) is 12.3. The van der Waals surface area contributed by atoms with Gasteiger partial charge in [0.2, 0.25) is 0 Å². The van der Waals surface area contributed by atoms with Gasteiger partial charge >= 0.3 is 5.97 Å². The molecule has 0 aromatic carbocycles. The van der Waals surface area contributed by atoms with Gasteiger partial charge in [0.25, 0.3) is 0 Å². The molecule has 0 bridgehead atoms. The van der Waals surface area contributed by atoms with Crippen molar-refractivity contribution in [3.05, 3.63) is 0 Å². The highest BCUT2D eigenvalue weighted by Crippen LogP contribution is 1.82. The minimum atomic E-state index is -0.560. The Kier molecular flexibility index (Phi) is 13.9. The number of hydrogen-bond donors (Lipinski definition) is 2. The molecule has 1 atom stereocenters. The Hall–Kier alpha value is -0.650. The molecule has 1 unspecified atom stereocenters. The number of carbonyl (C=O) groups excluding carboxylic acids is 1. The van der Waals surface area contributed by atoms with Crippen molar-refractivity contribution in [2.75, 3.05) is 26.9 Å². The average Bonchev–Trinajstić information content (AvgIpc) is 2.13. The summed E-state index contributed by atoms with van der Waals surface area (Å²) in [6.07, 6.45) is 0.214. The largest absolute Gasteiger partial charge is 0.466 e. The summed E-state index contributed by atoms with van der Waals surface area (Å²) in [7, 11) is 1.62. The summed E-state index contributed by atoms with van der Waals surface area (Å²) in [6.45, 7) is 3.89. The van der Waals surface area contributed by atoms with Crippen LogP contribution in [0, 0.1) is 0 Å². The zero-order valence-electron chi connectivity index (χ0n) is 9.02. The minimum Gasteiger partial charge on any atom is -0.466 e. The van der Waals surface area contributed by atoms with Gasteiger partial charge in [-0.15, -0.1) is 0 Å². The van der Waals surface area contributed by atoms with Gasteiger partial charge < -0.3 is 19.7 Å². The van der Waals surface area contributed by atoms with E-state index in [4.69, 9.17) is 14.9 Å². The number of aliphatic hydroxyl groups excluding tert-OH is 2. The number of rotatable bonds is 5. The second-order valence-electron chi connectivity index (χ2n) is 2.72. The molecule has 0 aliphatic rings. The van der Waals surface area contributed by atoms with Crippen molar-refractivity contribution in [1.82, 2.24) is 0 Å². The Morgan fingerprint density at radius 1 is 1.43 bits per heavy atom. The summed E-state index contributed by atoms with van der Waals surface area (Å²) in [4.78, 5) is 10.1. The van der Waals surface area contributed by atoms with Crippen LogP contribution in [0.25, 0.3) is 0 Å². The van der Waals surface area contributed by atoms with Crippen LogP contribution in [0.2, 0.25) is 0 Å². The van der Waals surface area contributed by atoms with Crippen LogP contribution in [-0.2, 0) is 14.3 Å². The fourth-order valence-electron chi connectivity index (χ4n) is 0.419. The lowest BCUT2D eigenvalue weighted by Gasteiger charge is -1.98. The molecule has 0 spiro atoms. The third-order valence-electron chi connectivity index (χ3n) is 1.06. The van der Waals surface area contributed by atoms with Crippen molar-refractivity contribution in [2.45, 2.75) is 26.4 Å². The molecule has 5 nitrogen and oxygen atoms in total. The van der Waals surface area contributed by atoms with Crippen molar-refractivity contribution >= 4 is 5.97 Å². The van der Waals surface area contributed by atoms with Crippen LogP contribution >= 0.6 is 0 Å². The number of ether oxygens (including phenoxy) is 2. The van der Waals surface area contributed by atoms with Crippen LogP contribution < -0.4 is 0 Å². The predicted octanol–water partition coefficient (Wildman–Crippen LogP) is -0.0545. The third kappa shape index (κ3) is 22.5. The van der Waals surface area contributed by atoms with Gasteiger partial charge in [-0.1, -0.05) is 0 Å². The standard InChI is InChI=1S/C6H12O3.C3H8O2/c1-6(7)9-5-3-4-8-2;1-3(5)2-4/h3-5H2,1-2H3;3-5H,2H2,1H3. The van der Waals surface area contributed by atoms with E-state index in [0.717, 1.165) is 6.42 Å². The Balaban J connectivity index is 0. The minimum absolute atomic E-state index is 0.139. The van der Waals surface area contributed by atoms with E-state index in [1.54, 1.807) is 7.11 Å². The van der Waals surface area contributed by atoms with E-state index in [1.165, 1.54) is 13.8 Å². The van der Waals surface area contributed by atoms with Crippen molar-refractivity contribution in [3.63, 3.8) is 0 Å². The van der Waals surface area contributed by atoms with Crippen LogP contribution in [0.15, 0.2) is 0 Å². The summed E-state index contributed by atoms with van der Waals surface area (Å²) in [5.41, 5.74) is 0. The van der Waals surface area contributed by atoms with E-state index < -0.39 is 6.10 Å². The van der Waals surface area contributed by atoms with E-state index >= 15 is 0 Å². The van der Waals surface area contributed by atoms with Crippen LogP contribution in [-0.4, -0.2) is 49.2 Å². The zero-order chi connectivity index (χ0) is 11.4. The van der Waals surface area contributed by atoms with Gasteiger partial charge in [-0.25, -0.2) is 0 Å². The zero-order valence-corrected chi connectivity index (χ0v) is 9.02. The van der Waals surface area contributed by atoms with Gasteiger partial charge in [0.1, 0.15) is 0 Å². The molecule has 86 valence electrons. The van der Waals surface area contributed by atoms with Crippen LogP contribution in [0.4, 0.5) is 0 Å². The highest BCUT2D eigenvalue weighted by atomic mass is 16.5. The summed E-state index contributed by atoms with van der Waals surface area (Å²) in [5.74, 6) is -0.230. The summed E-state index contributed by atoms with van der Waals surface area (Å²) < 4.78 is 9.36. The molecule has 0 rings (SSSR count). The molecule has 2 N–H and O–H groups in total. The van der Waals surface area contributed by atoms with Gasteiger partial charge in [-0.3, -0.25) is 4.79 Å². The molecule has 0 aliphatic heterocycles. The number of esters is 1. The van der Waals surface area contributed by atoms with E-state index in [-0.39, 0.29) is 12.6 Å². The van der Waals surface area contributed by atoms with Crippen molar-refractivity contribution in [1.29, 1.82) is 0 Å². The molecule has 0 aromatic heterocycles. The molecule has 0 saturated carbocycles. The van der Waals surface area contributed by atoms with Gasteiger partial charge in [0.15, 0.2) is 0 Å². The van der Waals surface area contributed by atoms with E-state index in [9.17, 15) is 4.79 Å². The first-order valence-corrected chi connectivity index (χ1v) is 4.45. The Labute approximate surface area is 84.6 Å². The predicted molar refractivity (Wildman–Crippen MR) is 51.9 cm³/mol. The van der Waals surface area contributed by atoms with Gasteiger partial charge in [-0.05, 0) is 6.92 Å². The topological polar surface area (TPSA) is 76.0 Å². The normalized spacial score (nSPS) is 11.2. The quantitative estimate of drug-likeness (QED) is 0.489. The summed E-state index contributed by atoms with van der Waals surface area (Å²) >= 11 is 0. The number of hydrogen-bond acceptors (Lipinski definition) is 5. The number of aliphatic hydroxyl groups is 2. The molecular formula is C9H20O5. The fourth-order valence-corrected chi connectivity index (χ4v) is 0.419. The lowest BCUT2D eigenvalue weighted by atomic mass is 10.5. The molecule has 0 amide bonds. The molecule has 0 saturated heterocycles. The highest BCUT2D eigenvalue weighted by molar-refractivity contribution is 5.65. The molecule has 0 radical (unpaired) electrons. The summed E-state index contributed by atoms with van der Waals surface area (Å²) in [5, 5.41) is 16.0. The molecule has 0 heterocycles. The van der Waals surface area contributed by atoms with Gasteiger partial charge in [0, 0.05) is 27.1 Å². The number of methoxy groups -OCH3 is 1. The van der Waals surface area contributed by atoms with E-state index in [1.807, 2.05) is 0 Å². The van der Waals surface area contributed by atoms with Crippen LogP contribution in [0.5, 0.6) is 0 Å². The van der Waals surface area contributed by atoms with Crippen LogP contribution in [0.3, 0.4) is 0 Å². The molecule has 0 fully saturated rings. The monoisotopic (exact) mass is 208 g/mol. The first-order chi connectivity index (χ1) is 6.54. The fraction of sp³-hybridized carbons (Fsp3) is 0.889. The van der Waals surface area contributed by atoms with Crippen molar-refractivity contribution in [3.8, 4) is 0 Å². The van der Waals surface area contributed by atoms with Gasteiger partial charge in [-0.2, -0.15) is 0 Å². The first kappa shape index (κ1) is 15.8. The molecule has 14 heavy (non-hydrogen) atoms. The molecule has 0 aromatic rings. The summed E-state index contributed by atoms with van der Waals surface area (Å²) in [6, 6.07) is 0. The van der Waals surface area contributed by atoms with Crippen molar-refractivity contribution < 1.29 is 24.5 Å². The smallest absolute Gasteiger partial charge is 0.302 e. The average molecular weight is 208 g/mol. The Bertz CT molecular complexity index is 124. The third-order valence-corrected chi connectivity index (χ3v) is 1.06. The Morgan fingerprint density at radius 2 is 1.93 bits per heavy atom.